The molecule has 2 rings (SSSR count). The van der Waals surface area contributed by atoms with E-state index in [0.717, 1.165) is 12.8 Å². The van der Waals surface area contributed by atoms with Crippen molar-refractivity contribution in [1.29, 1.82) is 0 Å². The smallest absolute Gasteiger partial charge is 0.234 e. The Morgan fingerprint density at radius 2 is 1.88 bits per heavy atom. The van der Waals surface area contributed by atoms with E-state index in [2.05, 4.69) is 20.8 Å². The van der Waals surface area contributed by atoms with Gasteiger partial charge >= 0.3 is 0 Å². The van der Waals surface area contributed by atoms with Crippen molar-refractivity contribution in [3.8, 4) is 0 Å². The largest absolute Gasteiger partial charge is 0.325 e. The summed E-state index contributed by atoms with van der Waals surface area (Å²) in [5, 5.41) is 14.7. The SMILES string of the molecule is CCC(CC)C(=O)Nc1nnc(SCC(=O)Nc2ccc(Cl)c(Cl)c2)s1. The Balaban J connectivity index is 1.84. The van der Waals surface area contributed by atoms with Crippen molar-refractivity contribution >= 4 is 68.9 Å². The number of carbonyl (C=O) groups excluding carboxylic acids is 2. The number of aromatic nitrogens is 2. The van der Waals surface area contributed by atoms with Crippen molar-refractivity contribution in [3.05, 3.63) is 28.2 Å². The maximum absolute atomic E-state index is 12.0. The lowest BCUT2D eigenvalue weighted by Gasteiger charge is -2.09. The first kappa shape index (κ1) is 21.0. The van der Waals surface area contributed by atoms with E-state index in [9.17, 15) is 9.59 Å². The van der Waals surface area contributed by atoms with E-state index in [4.69, 9.17) is 23.2 Å². The van der Waals surface area contributed by atoms with Gasteiger partial charge in [0.15, 0.2) is 4.34 Å². The quantitative estimate of drug-likeness (QED) is 0.455. The number of amides is 2. The van der Waals surface area contributed by atoms with Crippen LogP contribution in [0.1, 0.15) is 26.7 Å². The number of halogens is 2. The number of benzene rings is 1. The highest BCUT2D eigenvalue weighted by Crippen LogP contribution is 2.27. The van der Waals surface area contributed by atoms with Gasteiger partial charge in [0.25, 0.3) is 0 Å². The third-order valence-corrected chi connectivity index (χ3v) is 6.23. The molecule has 1 aromatic carbocycles. The number of nitrogens with zero attached hydrogens (tertiary/aromatic N) is 2. The summed E-state index contributed by atoms with van der Waals surface area (Å²) in [6, 6.07) is 4.88. The van der Waals surface area contributed by atoms with Crippen LogP contribution in [0.2, 0.25) is 10.0 Å². The minimum absolute atomic E-state index is 0.0352. The predicted molar refractivity (Wildman–Crippen MR) is 108 cm³/mol. The van der Waals surface area contributed by atoms with E-state index in [-0.39, 0.29) is 23.5 Å². The van der Waals surface area contributed by atoms with Gasteiger partial charge in [-0.05, 0) is 31.0 Å². The van der Waals surface area contributed by atoms with Crippen LogP contribution in [0.3, 0.4) is 0 Å². The molecule has 2 amide bonds. The molecule has 0 fully saturated rings. The lowest BCUT2D eigenvalue weighted by Crippen LogP contribution is -2.21. The molecule has 1 aromatic heterocycles. The van der Waals surface area contributed by atoms with Crippen molar-refractivity contribution in [1.82, 2.24) is 10.2 Å². The summed E-state index contributed by atoms with van der Waals surface area (Å²) in [5.74, 6) is -0.131. The van der Waals surface area contributed by atoms with Crippen molar-refractivity contribution in [2.75, 3.05) is 16.4 Å². The first-order chi connectivity index (χ1) is 12.4. The van der Waals surface area contributed by atoms with Crippen molar-refractivity contribution in [3.63, 3.8) is 0 Å². The topological polar surface area (TPSA) is 84.0 Å². The summed E-state index contributed by atoms with van der Waals surface area (Å²) >= 11 is 14.2. The molecule has 2 aromatic rings. The van der Waals surface area contributed by atoms with E-state index in [1.165, 1.54) is 23.1 Å². The van der Waals surface area contributed by atoms with Gasteiger partial charge in [-0.3, -0.25) is 9.59 Å². The standard InChI is InChI=1S/C16H18Cl2N4O2S2/c1-3-9(4-2)14(24)20-15-21-22-16(26-15)25-8-13(23)19-10-5-6-11(17)12(18)7-10/h5-7,9H,3-4,8H2,1-2H3,(H,19,23)(H,20,21,24). The summed E-state index contributed by atoms with van der Waals surface area (Å²) in [7, 11) is 0. The molecule has 0 spiro atoms. The Kier molecular flexibility index (Phi) is 8.15. The van der Waals surface area contributed by atoms with Gasteiger partial charge in [-0.25, -0.2) is 0 Å². The van der Waals surface area contributed by atoms with Crippen LogP contribution in [0, 0.1) is 5.92 Å². The molecule has 0 unspecified atom stereocenters. The van der Waals surface area contributed by atoms with Crippen LogP contribution >= 0.6 is 46.3 Å². The highest BCUT2D eigenvalue weighted by molar-refractivity contribution is 8.01. The summed E-state index contributed by atoms with van der Waals surface area (Å²) in [5.41, 5.74) is 0.570. The molecule has 2 N–H and O–H groups in total. The molecular formula is C16H18Cl2N4O2S2. The Labute approximate surface area is 170 Å². The van der Waals surface area contributed by atoms with Crippen LogP contribution < -0.4 is 10.6 Å². The van der Waals surface area contributed by atoms with Crippen molar-refractivity contribution in [2.45, 2.75) is 31.0 Å². The van der Waals surface area contributed by atoms with Crippen molar-refractivity contribution < 1.29 is 9.59 Å². The molecule has 0 atom stereocenters. The van der Waals surface area contributed by atoms with Gasteiger partial charge in [0.1, 0.15) is 0 Å². The summed E-state index contributed by atoms with van der Waals surface area (Å²) in [6.45, 7) is 3.95. The molecule has 0 aliphatic heterocycles. The fourth-order valence-electron chi connectivity index (χ4n) is 2.08. The monoisotopic (exact) mass is 432 g/mol. The number of rotatable bonds is 8. The lowest BCUT2D eigenvalue weighted by molar-refractivity contribution is -0.120. The average molecular weight is 433 g/mol. The van der Waals surface area contributed by atoms with E-state index < -0.39 is 0 Å². The zero-order valence-corrected chi connectivity index (χ0v) is 17.4. The van der Waals surface area contributed by atoms with Gasteiger partial charge in [-0.1, -0.05) is 60.1 Å². The molecule has 140 valence electrons. The Morgan fingerprint density at radius 3 is 2.54 bits per heavy atom. The first-order valence-electron chi connectivity index (χ1n) is 7.95. The normalized spacial score (nSPS) is 10.8. The maximum atomic E-state index is 12.0. The van der Waals surface area contributed by atoms with Crippen LogP contribution in [0.25, 0.3) is 0 Å². The molecule has 0 radical (unpaired) electrons. The number of thioether (sulfide) groups is 1. The van der Waals surface area contributed by atoms with Gasteiger partial charge in [0.05, 0.1) is 15.8 Å². The zero-order chi connectivity index (χ0) is 19.1. The van der Waals surface area contributed by atoms with E-state index in [1.807, 2.05) is 13.8 Å². The summed E-state index contributed by atoms with van der Waals surface area (Å²) in [4.78, 5) is 24.1. The molecular weight excluding hydrogens is 415 g/mol. The molecule has 0 aliphatic rings. The Morgan fingerprint density at radius 1 is 1.15 bits per heavy atom. The minimum atomic E-state index is -0.203. The van der Waals surface area contributed by atoms with E-state index >= 15 is 0 Å². The molecule has 0 aliphatic carbocycles. The highest BCUT2D eigenvalue weighted by atomic mass is 35.5. The average Bonchev–Trinajstić information content (AvgIpc) is 3.05. The minimum Gasteiger partial charge on any atom is -0.325 e. The maximum Gasteiger partial charge on any atom is 0.234 e. The van der Waals surface area contributed by atoms with Crippen LogP contribution in [-0.2, 0) is 9.59 Å². The van der Waals surface area contributed by atoms with Crippen LogP contribution in [0.5, 0.6) is 0 Å². The first-order valence-corrected chi connectivity index (χ1v) is 10.5. The Hall–Kier alpha value is -1.35. The van der Waals surface area contributed by atoms with Crippen LogP contribution in [0.15, 0.2) is 22.5 Å². The third kappa shape index (κ3) is 6.12. The molecule has 0 bridgehead atoms. The number of hydrogen-bond donors (Lipinski definition) is 2. The second kappa shape index (κ2) is 10.1. The highest BCUT2D eigenvalue weighted by Gasteiger charge is 2.16. The molecule has 0 saturated heterocycles. The van der Waals surface area contributed by atoms with Crippen molar-refractivity contribution in [2.24, 2.45) is 5.92 Å². The van der Waals surface area contributed by atoms with Gasteiger partial charge in [-0.15, -0.1) is 10.2 Å². The number of hydrogen-bond acceptors (Lipinski definition) is 6. The van der Waals surface area contributed by atoms with Crippen LogP contribution in [0.4, 0.5) is 10.8 Å². The second-order valence-electron chi connectivity index (χ2n) is 5.34. The van der Waals surface area contributed by atoms with E-state index in [0.29, 0.717) is 25.2 Å². The zero-order valence-electron chi connectivity index (χ0n) is 14.2. The lowest BCUT2D eigenvalue weighted by atomic mass is 10.0. The molecule has 0 saturated carbocycles. The Bertz CT molecular complexity index is 781. The molecule has 1 heterocycles. The molecule has 6 nitrogen and oxygen atoms in total. The van der Waals surface area contributed by atoms with Crippen LogP contribution in [-0.4, -0.2) is 27.8 Å². The fourth-order valence-corrected chi connectivity index (χ4v) is 3.94. The van der Waals surface area contributed by atoms with Gasteiger partial charge < -0.3 is 10.6 Å². The van der Waals surface area contributed by atoms with Gasteiger partial charge in [0, 0.05) is 11.6 Å². The number of nitrogens with one attached hydrogen (secondary N) is 2. The predicted octanol–water partition coefficient (Wildman–Crippen LogP) is 4.95. The van der Waals surface area contributed by atoms with Gasteiger partial charge in [0.2, 0.25) is 16.9 Å². The molecule has 10 heteroatoms. The summed E-state index contributed by atoms with van der Waals surface area (Å²) in [6.07, 6.45) is 1.55. The number of carbonyl (C=O) groups is 2. The van der Waals surface area contributed by atoms with Gasteiger partial charge in [-0.2, -0.15) is 0 Å². The van der Waals surface area contributed by atoms with E-state index in [1.54, 1.807) is 18.2 Å². The summed E-state index contributed by atoms with van der Waals surface area (Å²) < 4.78 is 0.606. The fraction of sp³-hybridized carbons (Fsp3) is 0.375. The molecule has 26 heavy (non-hydrogen) atoms. The second-order valence-corrected chi connectivity index (χ2v) is 8.36. The third-order valence-electron chi connectivity index (χ3n) is 3.52. The number of anilines is 2.